The number of halogens is 3. The third-order valence-electron chi connectivity index (χ3n) is 4.37. The number of aliphatic hydroxyl groups excluding tert-OH is 1. The number of nitrogens with zero attached hydrogens (tertiary/aromatic N) is 2. The average molecular weight is 336 g/mol. The molecule has 0 aromatic heterocycles. The number of guanidine groups is 1. The first kappa shape index (κ1) is 18.3. The summed E-state index contributed by atoms with van der Waals surface area (Å²) in [5, 5.41) is 16.2. The van der Waals surface area contributed by atoms with E-state index in [0.717, 1.165) is 25.7 Å². The summed E-state index contributed by atoms with van der Waals surface area (Å²) < 4.78 is 37.3. The molecule has 0 aromatic carbocycles. The summed E-state index contributed by atoms with van der Waals surface area (Å²) in [5.74, 6) is 0.674. The van der Waals surface area contributed by atoms with E-state index >= 15 is 0 Å². The molecule has 0 radical (unpaired) electrons. The monoisotopic (exact) mass is 336 g/mol. The summed E-state index contributed by atoms with van der Waals surface area (Å²) in [6.45, 7) is 2.53. The maximum Gasteiger partial charge on any atom is 0.401 e. The summed E-state index contributed by atoms with van der Waals surface area (Å²) in [6, 6.07) is 0.258. The second-order valence-electron chi connectivity index (χ2n) is 6.45. The number of hydrogen-bond donors (Lipinski definition) is 3. The van der Waals surface area contributed by atoms with Gasteiger partial charge in [-0.15, -0.1) is 0 Å². The third-order valence-corrected chi connectivity index (χ3v) is 4.37. The quantitative estimate of drug-likeness (QED) is 0.538. The molecule has 1 saturated carbocycles. The van der Waals surface area contributed by atoms with E-state index in [-0.39, 0.29) is 18.2 Å². The van der Waals surface area contributed by atoms with Crippen LogP contribution in [0.1, 0.15) is 39.0 Å². The molecule has 2 fully saturated rings. The van der Waals surface area contributed by atoms with Gasteiger partial charge in [0.2, 0.25) is 0 Å². The molecule has 0 spiro atoms. The lowest BCUT2D eigenvalue weighted by atomic mass is 9.93. The molecule has 3 N–H and O–H groups in total. The third kappa shape index (κ3) is 6.55. The largest absolute Gasteiger partial charge is 0.401 e. The van der Waals surface area contributed by atoms with Gasteiger partial charge in [-0.3, -0.25) is 9.89 Å². The summed E-state index contributed by atoms with van der Waals surface area (Å²) in [7, 11) is 0. The Morgan fingerprint density at radius 3 is 2.39 bits per heavy atom. The van der Waals surface area contributed by atoms with Gasteiger partial charge >= 0.3 is 6.18 Å². The van der Waals surface area contributed by atoms with Gasteiger partial charge in [0.25, 0.3) is 0 Å². The lowest BCUT2D eigenvalue weighted by Crippen LogP contribution is -2.49. The van der Waals surface area contributed by atoms with Crippen molar-refractivity contribution in [1.29, 1.82) is 0 Å². The summed E-state index contributed by atoms with van der Waals surface area (Å²) in [6.07, 6.45) is -0.342. The van der Waals surface area contributed by atoms with Crippen LogP contribution in [-0.4, -0.2) is 66.5 Å². The molecule has 1 aliphatic heterocycles. The molecule has 1 atom stereocenters. The van der Waals surface area contributed by atoms with E-state index in [1.807, 2.05) is 6.92 Å². The predicted molar refractivity (Wildman–Crippen MR) is 83.4 cm³/mol. The molecule has 1 saturated heterocycles. The highest BCUT2D eigenvalue weighted by Gasteiger charge is 2.34. The van der Waals surface area contributed by atoms with Crippen molar-refractivity contribution in [2.75, 3.05) is 26.2 Å². The first-order valence-electron chi connectivity index (χ1n) is 8.40. The van der Waals surface area contributed by atoms with Crippen LogP contribution in [-0.2, 0) is 0 Å². The van der Waals surface area contributed by atoms with E-state index in [4.69, 9.17) is 0 Å². The number of aliphatic hydroxyl groups is 1. The molecule has 1 heterocycles. The van der Waals surface area contributed by atoms with Gasteiger partial charge < -0.3 is 15.7 Å². The second kappa shape index (κ2) is 8.19. The van der Waals surface area contributed by atoms with Gasteiger partial charge in [0.15, 0.2) is 5.96 Å². The van der Waals surface area contributed by atoms with Crippen LogP contribution in [0.5, 0.6) is 0 Å². The van der Waals surface area contributed by atoms with E-state index in [1.165, 1.54) is 4.90 Å². The molecule has 2 rings (SSSR count). The molecular formula is C15H27F3N4O. The molecule has 0 amide bonds. The van der Waals surface area contributed by atoms with Crippen molar-refractivity contribution >= 4 is 5.96 Å². The Morgan fingerprint density at radius 2 is 1.78 bits per heavy atom. The zero-order chi connectivity index (χ0) is 16.9. The van der Waals surface area contributed by atoms with Gasteiger partial charge in [-0.05, 0) is 39.0 Å². The molecule has 2 aliphatic rings. The van der Waals surface area contributed by atoms with Gasteiger partial charge in [-0.2, -0.15) is 13.2 Å². The zero-order valence-corrected chi connectivity index (χ0v) is 13.6. The highest BCUT2D eigenvalue weighted by Crippen LogP contribution is 2.20. The fraction of sp³-hybridized carbons (Fsp3) is 0.933. The lowest BCUT2D eigenvalue weighted by molar-refractivity contribution is -0.143. The minimum atomic E-state index is -4.14. The Balaban J connectivity index is 1.80. The van der Waals surface area contributed by atoms with Crippen LogP contribution in [0.4, 0.5) is 13.2 Å². The first-order chi connectivity index (χ1) is 10.9. The van der Waals surface area contributed by atoms with Crippen LogP contribution in [0.2, 0.25) is 0 Å². The van der Waals surface area contributed by atoms with Crippen LogP contribution >= 0.6 is 0 Å². The molecule has 1 unspecified atom stereocenters. The van der Waals surface area contributed by atoms with Crippen LogP contribution in [0, 0.1) is 0 Å². The molecule has 23 heavy (non-hydrogen) atoms. The van der Waals surface area contributed by atoms with Gasteiger partial charge in [-0.1, -0.05) is 0 Å². The highest BCUT2D eigenvalue weighted by molar-refractivity contribution is 5.80. The summed E-state index contributed by atoms with van der Waals surface area (Å²) >= 11 is 0. The van der Waals surface area contributed by atoms with Crippen LogP contribution in [0.3, 0.4) is 0 Å². The van der Waals surface area contributed by atoms with Crippen molar-refractivity contribution in [3.8, 4) is 0 Å². The fourth-order valence-corrected chi connectivity index (χ4v) is 3.25. The number of hydrogen-bond acceptors (Lipinski definition) is 3. The van der Waals surface area contributed by atoms with Crippen LogP contribution in [0.25, 0.3) is 0 Å². The molecule has 0 bridgehead atoms. The molecular weight excluding hydrogens is 309 g/mol. The first-order valence-corrected chi connectivity index (χ1v) is 8.40. The Morgan fingerprint density at radius 1 is 1.13 bits per heavy atom. The Bertz CT molecular complexity index is 395. The van der Waals surface area contributed by atoms with Crippen molar-refractivity contribution in [3.05, 3.63) is 0 Å². The molecule has 0 aromatic rings. The van der Waals surface area contributed by atoms with Crippen LogP contribution < -0.4 is 10.6 Å². The SMILES string of the molecule is CCN=C(NC1CCC(O)CC1)NC1CCN(CC(F)(F)F)C1. The number of aliphatic imine (C=N–C) groups is 1. The lowest BCUT2D eigenvalue weighted by Gasteiger charge is -2.28. The van der Waals surface area contributed by atoms with Crippen molar-refractivity contribution in [2.45, 2.75) is 63.4 Å². The van der Waals surface area contributed by atoms with E-state index in [0.29, 0.717) is 32.0 Å². The summed E-state index contributed by atoms with van der Waals surface area (Å²) in [5.41, 5.74) is 0. The van der Waals surface area contributed by atoms with E-state index in [1.54, 1.807) is 0 Å². The fourth-order valence-electron chi connectivity index (χ4n) is 3.25. The predicted octanol–water partition coefficient (Wildman–Crippen LogP) is 1.48. The number of alkyl halides is 3. The van der Waals surface area contributed by atoms with E-state index in [2.05, 4.69) is 15.6 Å². The molecule has 8 heteroatoms. The van der Waals surface area contributed by atoms with Crippen molar-refractivity contribution in [1.82, 2.24) is 15.5 Å². The molecule has 134 valence electrons. The van der Waals surface area contributed by atoms with Crippen molar-refractivity contribution < 1.29 is 18.3 Å². The van der Waals surface area contributed by atoms with E-state index in [9.17, 15) is 18.3 Å². The van der Waals surface area contributed by atoms with Crippen LogP contribution in [0.15, 0.2) is 4.99 Å². The molecule has 1 aliphatic carbocycles. The Labute approximate surface area is 135 Å². The van der Waals surface area contributed by atoms with Gasteiger partial charge in [-0.25, -0.2) is 0 Å². The van der Waals surface area contributed by atoms with Crippen molar-refractivity contribution in [3.63, 3.8) is 0 Å². The van der Waals surface area contributed by atoms with Crippen molar-refractivity contribution in [2.24, 2.45) is 4.99 Å². The maximum atomic E-state index is 12.4. The second-order valence-corrected chi connectivity index (χ2v) is 6.45. The Kier molecular flexibility index (Phi) is 6.52. The summed E-state index contributed by atoms with van der Waals surface area (Å²) in [4.78, 5) is 5.82. The minimum Gasteiger partial charge on any atom is -0.393 e. The normalized spacial score (nSPS) is 30.5. The van der Waals surface area contributed by atoms with Gasteiger partial charge in [0.1, 0.15) is 0 Å². The zero-order valence-electron chi connectivity index (χ0n) is 13.6. The topological polar surface area (TPSA) is 59.9 Å². The maximum absolute atomic E-state index is 12.4. The van der Waals surface area contributed by atoms with Gasteiger partial charge in [0.05, 0.1) is 12.6 Å². The highest BCUT2D eigenvalue weighted by atomic mass is 19.4. The molecule has 5 nitrogen and oxygen atoms in total. The minimum absolute atomic E-state index is 0.00988. The number of likely N-dealkylation sites (tertiary alicyclic amines) is 1. The number of rotatable bonds is 4. The average Bonchev–Trinajstić information content (AvgIpc) is 2.86. The smallest absolute Gasteiger partial charge is 0.393 e. The van der Waals surface area contributed by atoms with E-state index < -0.39 is 12.7 Å². The standard InChI is InChI=1S/C15H27F3N4O/c1-2-19-14(20-11-3-5-13(23)6-4-11)21-12-7-8-22(9-12)10-15(16,17)18/h11-13,23H,2-10H2,1H3,(H2,19,20,21). The Hall–Kier alpha value is -1.02. The number of nitrogens with one attached hydrogen (secondary N) is 2. The van der Waals surface area contributed by atoms with Gasteiger partial charge in [0, 0.05) is 31.7 Å².